The first-order valence-electron chi connectivity index (χ1n) is 16.8. The number of likely N-dealkylation sites (tertiary alicyclic amines) is 1. The van der Waals surface area contributed by atoms with E-state index in [1.165, 1.54) is 16.9 Å². The van der Waals surface area contributed by atoms with Gasteiger partial charge < -0.3 is 29.3 Å². The van der Waals surface area contributed by atoms with E-state index >= 15 is 4.39 Å². The second-order valence-corrected chi connectivity index (χ2v) is 13.4. The van der Waals surface area contributed by atoms with Gasteiger partial charge in [-0.15, -0.1) is 0 Å². The van der Waals surface area contributed by atoms with Crippen molar-refractivity contribution in [2.24, 2.45) is 11.8 Å². The lowest BCUT2D eigenvalue weighted by Gasteiger charge is -2.33. The van der Waals surface area contributed by atoms with Gasteiger partial charge in [-0.05, 0) is 74.9 Å². The van der Waals surface area contributed by atoms with Gasteiger partial charge in [-0.3, -0.25) is 14.3 Å². The summed E-state index contributed by atoms with van der Waals surface area (Å²) in [7, 11) is 2.02. The number of piperazine rings is 1. The number of rotatable bonds is 5. The first-order valence-corrected chi connectivity index (χ1v) is 16.8. The van der Waals surface area contributed by atoms with E-state index in [-0.39, 0.29) is 36.8 Å². The highest BCUT2D eigenvalue weighted by molar-refractivity contribution is 5.84. The number of cyclic esters (lactones) is 1. The first kappa shape index (κ1) is 34.6. The van der Waals surface area contributed by atoms with E-state index in [1.54, 1.807) is 21.9 Å². The Morgan fingerprint density at radius 3 is 2.51 bits per heavy atom. The van der Waals surface area contributed by atoms with Gasteiger partial charge in [0.2, 0.25) is 5.91 Å². The van der Waals surface area contributed by atoms with Crippen LogP contribution in [0, 0.1) is 17.7 Å². The first-order chi connectivity index (χ1) is 22.5. The molecule has 2 amide bonds. The Morgan fingerprint density at radius 1 is 1.06 bits per heavy atom. The zero-order chi connectivity index (χ0) is 33.7. The van der Waals surface area contributed by atoms with Gasteiger partial charge in [0.1, 0.15) is 24.6 Å². The van der Waals surface area contributed by atoms with Crippen molar-refractivity contribution in [3.63, 3.8) is 0 Å². The Morgan fingerprint density at radius 2 is 1.79 bits per heavy atom. The molecule has 47 heavy (non-hydrogen) atoms. The number of hydrogen-bond donors (Lipinski definition) is 1. The molecule has 1 N–H and O–H groups in total. The number of fused-ring (bicyclic) bond motifs is 1. The number of nitrogens with zero attached hydrogens (tertiary/aromatic N) is 5. The molecule has 12 heteroatoms. The summed E-state index contributed by atoms with van der Waals surface area (Å²) < 4.78 is 28.7. The van der Waals surface area contributed by atoms with Crippen LogP contribution < -0.4 is 0 Å². The zero-order valence-electron chi connectivity index (χ0n) is 27.9. The number of amides is 2. The van der Waals surface area contributed by atoms with E-state index in [9.17, 15) is 19.5 Å². The van der Waals surface area contributed by atoms with Gasteiger partial charge >= 0.3 is 12.1 Å². The lowest BCUT2D eigenvalue weighted by atomic mass is 9.91. The third-order valence-electron chi connectivity index (χ3n) is 9.58. The zero-order valence-corrected chi connectivity index (χ0v) is 27.9. The molecule has 0 radical (unpaired) electrons. The minimum Gasteiger partial charge on any atom is -0.457 e. The molecule has 3 aliphatic rings. The maximum Gasteiger partial charge on any atom is 0.410 e. The Kier molecular flexibility index (Phi) is 11.3. The molecule has 0 aliphatic carbocycles. The van der Waals surface area contributed by atoms with Crippen LogP contribution in [0.5, 0.6) is 0 Å². The van der Waals surface area contributed by atoms with Crippen LogP contribution in [0.25, 0.3) is 17.0 Å². The normalized spacial score (nSPS) is 27.7. The molecular weight excluding hydrogens is 605 g/mol. The van der Waals surface area contributed by atoms with Crippen LogP contribution in [-0.2, 0) is 25.6 Å². The molecule has 0 unspecified atom stereocenters. The highest BCUT2D eigenvalue weighted by Crippen LogP contribution is 2.28. The molecule has 11 nitrogen and oxygen atoms in total. The lowest BCUT2D eigenvalue weighted by Crippen LogP contribution is -2.48. The van der Waals surface area contributed by atoms with E-state index in [0.717, 1.165) is 39.0 Å². The van der Waals surface area contributed by atoms with Crippen molar-refractivity contribution in [2.45, 2.75) is 77.7 Å². The fourth-order valence-electron chi connectivity index (χ4n) is 6.53. The molecule has 2 fully saturated rings. The molecule has 1 aromatic heterocycles. The van der Waals surface area contributed by atoms with E-state index in [1.807, 2.05) is 40.0 Å². The van der Waals surface area contributed by atoms with Crippen LogP contribution in [0.1, 0.15) is 58.4 Å². The summed E-state index contributed by atoms with van der Waals surface area (Å²) in [4.78, 5) is 44.5. The van der Waals surface area contributed by atoms with Gasteiger partial charge in [-0.1, -0.05) is 26.0 Å². The predicted octanol–water partition coefficient (Wildman–Crippen LogP) is 4.24. The number of halogens is 1. The van der Waals surface area contributed by atoms with E-state index < -0.39 is 30.1 Å². The number of aliphatic hydroxyl groups excluding tert-OH is 1. The molecule has 1 aromatic carbocycles. The summed E-state index contributed by atoms with van der Waals surface area (Å²) in [5, 5.41) is 15.3. The third-order valence-corrected chi connectivity index (χ3v) is 9.58. The van der Waals surface area contributed by atoms with Gasteiger partial charge in [0, 0.05) is 45.2 Å². The number of benzene rings is 1. The van der Waals surface area contributed by atoms with Crippen LogP contribution in [0.2, 0.25) is 0 Å². The number of esters is 1. The number of aliphatic hydroxyl groups is 1. The van der Waals surface area contributed by atoms with Crippen molar-refractivity contribution >= 4 is 34.9 Å². The standard InChI is InChI=1S/C35H48FN5O6/c1-23-7-9-27(42)20-33(44)47-34(24(2)8-10-31(23)46-35(45)40-15-13-38(4)14-16-40)25(3)17-26-18-29(36)28-21-37-41(30(28)19-26)22-32(43)39-11-5-6-12-39/h8,10,17-19,21,23-24,27,31,34,42H,5-7,9,11-16,20,22H2,1-4H3/b10-8+,25-17+/t23-,24-,27+,31+,34-/m0/s1. The number of likely N-dealkylation sites (N-methyl/N-ethyl adjacent to an activating group) is 1. The molecular formula is C35H48FN5O6. The summed E-state index contributed by atoms with van der Waals surface area (Å²) >= 11 is 0. The van der Waals surface area contributed by atoms with E-state index in [2.05, 4.69) is 10.00 Å². The minimum atomic E-state index is -0.900. The highest BCUT2D eigenvalue weighted by atomic mass is 19.1. The molecule has 2 aromatic rings. The van der Waals surface area contributed by atoms with Gasteiger partial charge in [0.15, 0.2) is 0 Å². The van der Waals surface area contributed by atoms with Crippen LogP contribution in [0.4, 0.5) is 9.18 Å². The van der Waals surface area contributed by atoms with Crippen molar-refractivity contribution in [2.75, 3.05) is 46.3 Å². The lowest BCUT2D eigenvalue weighted by molar-refractivity contribution is -0.151. The highest BCUT2D eigenvalue weighted by Gasteiger charge is 2.29. The summed E-state index contributed by atoms with van der Waals surface area (Å²) in [6.07, 6.45) is 7.14. The maximum atomic E-state index is 15.3. The molecule has 5 rings (SSSR count). The fourth-order valence-corrected chi connectivity index (χ4v) is 6.53. The summed E-state index contributed by atoms with van der Waals surface area (Å²) in [5.41, 5.74) is 1.70. The second kappa shape index (κ2) is 15.4. The average Bonchev–Trinajstić information content (AvgIpc) is 3.71. The molecule has 5 atom stereocenters. The Balaban J connectivity index is 1.38. The average molecular weight is 654 g/mol. The summed E-state index contributed by atoms with van der Waals surface area (Å²) in [6, 6.07) is 3.18. The Bertz CT molecular complexity index is 1490. The molecule has 0 spiro atoms. The van der Waals surface area contributed by atoms with Crippen LogP contribution in [-0.4, -0.2) is 112 Å². The SMILES string of the molecule is C/C(=C\c1cc(F)c2cnn(CC(=O)N3CCCC3)c2c1)[C@H]1OC(=O)C[C@H](O)CC[C@H](C)[C@H](OC(=O)N2CCN(C)CC2)/C=C/[C@@H]1C. The number of carbonyl (C=O) groups is 3. The molecule has 0 saturated carbocycles. The summed E-state index contributed by atoms with van der Waals surface area (Å²) in [5.74, 6) is -1.46. The predicted molar refractivity (Wildman–Crippen MR) is 176 cm³/mol. The fraction of sp³-hybridized carbons (Fsp3) is 0.600. The van der Waals surface area contributed by atoms with E-state index in [0.29, 0.717) is 48.0 Å². The van der Waals surface area contributed by atoms with Crippen LogP contribution in [0.3, 0.4) is 0 Å². The quantitative estimate of drug-likeness (QED) is 0.377. The second-order valence-electron chi connectivity index (χ2n) is 13.4. The molecule has 2 saturated heterocycles. The largest absolute Gasteiger partial charge is 0.457 e. The van der Waals surface area contributed by atoms with Gasteiger partial charge in [-0.25, -0.2) is 9.18 Å². The van der Waals surface area contributed by atoms with Crippen molar-refractivity contribution < 1.29 is 33.4 Å². The van der Waals surface area contributed by atoms with Gasteiger partial charge in [-0.2, -0.15) is 5.10 Å². The Hall–Kier alpha value is -3.77. The Labute approximate surface area is 275 Å². The van der Waals surface area contributed by atoms with E-state index in [4.69, 9.17) is 9.47 Å². The maximum absolute atomic E-state index is 15.3. The smallest absolute Gasteiger partial charge is 0.410 e. The number of hydrogen-bond acceptors (Lipinski definition) is 8. The number of ether oxygens (including phenoxy) is 2. The molecule has 256 valence electrons. The molecule has 4 heterocycles. The monoisotopic (exact) mass is 653 g/mol. The topological polar surface area (TPSA) is 117 Å². The van der Waals surface area contributed by atoms with Crippen LogP contribution >= 0.6 is 0 Å². The molecule has 3 aliphatic heterocycles. The number of carbonyl (C=O) groups excluding carboxylic acids is 3. The van der Waals surface area contributed by atoms with Gasteiger partial charge in [0.25, 0.3) is 0 Å². The number of aromatic nitrogens is 2. The molecule has 0 bridgehead atoms. The van der Waals surface area contributed by atoms with Crippen molar-refractivity contribution in [1.29, 1.82) is 0 Å². The minimum absolute atomic E-state index is 0.0262. The van der Waals surface area contributed by atoms with Crippen molar-refractivity contribution in [3.8, 4) is 0 Å². The third kappa shape index (κ3) is 8.78. The summed E-state index contributed by atoms with van der Waals surface area (Å²) in [6.45, 7) is 9.92. The van der Waals surface area contributed by atoms with Crippen molar-refractivity contribution in [1.82, 2.24) is 24.5 Å². The van der Waals surface area contributed by atoms with Gasteiger partial charge in [0.05, 0.1) is 29.6 Å². The van der Waals surface area contributed by atoms with Crippen molar-refractivity contribution in [3.05, 3.63) is 47.4 Å². The van der Waals surface area contributed by atoms with Crippen LogP contribution in [0.15, 0.2) is 36.1 Å².